The topological polar surface area (TPSA) is 64.4 Å². The normalized spacial score (nSPS) is 18.4. The van der Waals surface area contributed by atoms with E-state index < -0.39 is 23.1 Å². The molecule has 1 aromatic rings. The molecule has 0 unspecified atom stereocenters. The van der Waals surface area contributed by atoms with Gasteiger partial charge in [-0.15, -0.1) is 0 Å². The molecule has 1 aliphatic rings. The first-order chi connectivity index (χ1) is 8.53. The molecule has 6 heteroatoms. The highest BCUT2D eigenvalue weighted by Crippen LogP contribution is 2.22. The Morgan fingerprint density at radius 1 is 1.33 bits per heavy atom. The Morgan fingerprint density at radius 3 is 2.67 bits per heavy atom. The van der Waals surface area contributed by atoms with Gasteiger partial charge in [-0.1, -0.05) is 6.07 Å². The summed E-state index contributed by atoms with van der Waals surface area (Å²) in [5.74, 6) is -2.61. The Balaban J connectivity index is 2.13. The van der Waals surface area contributed by atoms with Crippen molar-refractivity contribution in [1.29, 1.82) is 0 Å². The van der Waals surface area contributed by atoms with Gasteiger partial charge in [0.25, 0.3) is 0 Å². The smallest absolute Gasteiger partial charge is 0.244 e. The Morgan fingerprint density at radius 2 is 2.00 bits per heavy atom. The summed E-state index contributed by atoms with van der Waals surface area (Å²) in [6, 6.07) is 3.60. The number of halogens is 2. The van der Waals surface area contributed by atoms with E-state index in [-0.39, 0.29) is 5.69 Å². The summed E-state index contributed by atoms with van der Waals surface area (Å²) >= 11 is 0. The zero-order valence-corrected chi connectivity index (χ0v) is 9.71. The number of benzene rings is 1. The molecule has 1 aliphatic heterocycles. The zero-order chi connectivity index (χ0) is 13.2. The second kappa shape index (κ2) is 4.99. The summed E-state index contributed by atoms with van der Waals surface area (Å²) in [5.41, 5.74) is 4.65. The van der Waals surface area contributed by atoms with Crippen LogP contribution in [0.4, 0.5) is 14.5 Å². The third kappa shape index (κ3) is 2.49. The number of carbonyl (C=O) groups excluding carboxylic acids is 1. The van der Waals surface area contributed by atoms with Crippen molar-refractivity contribution in [1.82, 2.24) is 0 Å². The van der Waals surface area contributed by atoms with Gasteiger partial charge in [-0.3, -0.25) is 4.79 Å². The molecule has 0 spiro atoms. The average Bonchev–Trinajstić information content (AvgIpc) is 2.36. The molecule has 1 fully saturated rings. The van der Waals surface area contributed by atoms with Crippen molar-refractivity contribution in [2.24, 2.45) is 5.73 Å². The molecule has 3 N–H and O–H groups in total. The Hall–Kier alpha value is -1.53. The van der Waals surface area contributed by atoms with E-state index in [9.17, 15) is 13.6 Å². The first kappa shape index (κ1) is 12.9. The molecule has 98 valence electrons. The van der Waals surface area contributed by atoms with E-state index in [1.54, 1.807) is 0 Å². The highest BCUT2D eigenvalue weighted by atomic mass is 19.2. The van der Waals surface area contributed by atoms with Crippen molar-refractivity contribution in [2.45, 2.75) is 18.4 Å². The molecule has 0 atom stereocenters. The fourth-order valence-corrected chi connectivity index (χ4v) is 1.81. The third-order valence-corrected chi connectivity index (χ3v) is 3.04. The maximum Gasteiger partial charge on any atom is 0.244 e. The van der Waals surface area contributed by atoms with E-state index in [0.29, 0.717) is 26.1 Å². The molecule has 0 bridgehead atoms. The number of nitrogens with two attached hydrogens (primary N) is 1. The highest BCUT2D eigenvalue weighted by molar-refractivity contribution is 5.98. The van der Waals surface area contributed by atoms with Gasteiger partial charge in [0, 0.05) is 13.2 Å². The van der Waals surface area contributed by atoms with E-state index in [4.69, 9.17) is 10.5 Å². The van der Waals surface area contributed by atoms with Crippen molar-refractivity contribution in [3.8, 4) is 0 Å². The third-order valence-electron chi connectivity index (χ3n) is 3.04. The van der Waals surface area contributed by atoms with Gasteiger partial charge in [0.2, 0.25) is 5.91 Å². The maximum absolute atomic E-state index is 13.4. The van der Waals surface area contributed by atoms with Gasteiger partial charge in [-0.2, -0.15) is 0 Å². The second-order valence-electron chi connectivity index (χ2n) is 4.32. The van der Waals surface area contributed by atoms with E-state index >= 15 is 0 Å². The highest BCUT2D eigenvalue weighted by Gasteiger charge is 2.36. The van der Waals surface area contributed by atoms with Crippen LogP contribution in [0.3, 0.4) is 0 Å². The molecule has 1 saturated heterocycles. The summed E-state index contributed by atoms with van der Waals surface area (Å²) in [6.07, 6.45) is 0.714. The number of nitrogens with one attached hydrogen (secondary N) is 1. The molecule has 0 aromatic heterocycles. The number of hydrogen-bond acceptors (Lipinski definition) is 3. The lowest BCUT2D eigenvalue weighted by atomic mass is 9.90. The molecule has 0 saturated carbocycles. The molecule has 1 amide bonds. The lowest BCUT2D eigenvalue weighted by Gasteiger charge is -2.31. The summed E-state index contributed by atoms with van der Waals surface area (Å²) < 4.78 is 31.5. The Labute approximate surface area is 103 Å². The average molecular weight is 256 g/mol. The quantitative estimate of drug-likeness (QED) is 0.841. The van der Waals surface area contributed by atoms with E-state index in [2.05, 4.69) is 5.32 Å². The van der Waals surface area contributed by atoms with Crippen molar-refractivity contribution < 1.29 is 18.3 Å². The van der Waals surface area contributed by atoms with Crippen LogP contribution in [-0.4, -0.2) is 24.7 Å². The predicted octanol–water partition coefficient (Wildman–Crippen LogP) is 1.41. The van der Waals surface area contributed by atoms with Crippen LogP contribution >= 0.6 is 0 Å². The van der Waals surface area contributed by atoms with Crippen LogP contribution in [0.5, 0.6) is 0 Å². The van der Waals surface area contributed by atoms with Crippen LogP contribution in [0.15, 0.2) is 18.2 Å². The molecule has 1 heterocycles. The number of hydrogen-bond donors (Lipinski definition) is 2. The first-order valence-electron chi connectivity index (χ1n) is 5.65. The fourth-order valence-electron chi connectivity index (χ4n) is 1.81. The summed E-state index contributed by atoms with van der Waals surface area (Å²) in [4.78, 5) is 12.0. The SMILES string of the molecule is NC1(C(=O)Nc2cccc(F)c2F)CCOCC1. The van der Waals surface area contributed by atoms with Gasteiger partial charge < -0.3 is 15.8 Å². The molecular weight excluding hydrogens is 242 g/mol. The van der Waals surface area contributed by atoms with Gasteiger partial charge in [0.15, 0.2) is 11.6 Å². The van der Waals surface area contributed by atoms with Crippen molar-refractivity contribution >= 4 is 11.6 Å². The standard InChI is InChI=1S/C12H14F2N2O2/c13-8-2-1-3-9(10(8)14)16-11(17)12(15)4-6-18-7-5-12/h1-3H,4-7,15H2,(H,16,17). The van der Waals surface area contributed by atoms with Crippen LogP contribution in [0, 0.1) is 11.6 Å². The lowest BCUT2D eigenvalue weighted by Crippen LogP contribution is -2.54. The van der Waals surface area contributed by atoms with Gasteiger partial charge >= 0.3 is 0 Å². The number of amides is 1. The largest absolute Gasteiger partial charge is 0.381 e. The van der Waals surface area contributed by atoms with Crippen molar-refractivity contribution in [3.63, 3.8) is 0 Å². The predicted molar refractivity (Wildman–Crippen MR) is 62.0 cm³/mol. The number of anilines is 1. The van der Waals surface area contributed by atoms with Crippen LogP contribution in [0.2, 0.25) is 0 Å². The van der Waals surface area contributed by atoms with Crippen LogP contribution in [0.1, 0.15) is 12.8 Å². The molecule has 1 aromatic carbocycles. The Bertz CT molecular complexity index is 459. The molecule has 2 rings (SSSR count). The second-order valence-corrected chi connectivity index (χ2v) is 4.32. The van der Waals surface area contributed by atoms with E-state index in [1.165, 1.54) is 12.1 Å². The lowest BCUT2D eigenvalue weighted by molar-refractivity contribution is -0.124. The van der Waals surface area contributed by atoms with Gasteiger partial charge in [-0.05, 0) is 25.0 Å². The number of rotatable bonds is 2. The van der Waals surface area contributed by atoms with E-state index in [0.717, 1.165) is 6.07 Å². The zero-order valence-electron chi connectivity index (χ0n) is 9.71. The summed E-state index contributed by atoms with van der Waals surface area (Å²) in [5, 5.41) is 2.33. The minimum Gasteiger partial charge on any atom is -0.381 e. The van der Waals surface area contributed by atoms with E-state index in [1.807, 2.05) is 0 Å². The summed E-state index contributed by atoms with van der Waals surface area (Å²) in [7, 11) is 0. The van der Waals surface area contributed by atoms with Gasteiger partial charge in [0.05, 0.1) is 5.69 Å². The van der Waals surface area contributed by atoms with Gasteiger partial charge in [0.1, 0.15) is 5.54 Å². The van der Waals surface area contributed by atoms with Crippen LogP contribution < -0.4 is 11.1 Å². The minimum absolute atomic E-state index is 0.198. The number of carbonyl (C=O) groups is 1. The molecule has 4 nitrogen and oxygen atoms in total. The first-order valence-corrected chi connectivity index (χ1v) is 5.65. The minimum atomic E-state index is -1.09. The molecule has 0 aliphatic carbocycles. The fraction of sp³-hybridized carbons (Fsp3) is 0.417. The molecular formula is C12H14F2N2O2. The Kier molecular flexibility index (Phi) is 3.58. The molecule has 18 heavy (non-hydrogen) atoms. The molecule has 0 radical (unpaired) electrons. The van der Waals surface area contributed by atoms with Crippen LogP contribution in [-0.2, 0) is 9.53 Å². The summed E-state index contributed by atoms with van der Waals surface area (Å²) in [6.45, 7) is 0.769. The van der Waals surface area contributed by atoms with Crippen molar-refractivity contribution in [3.05, 3.63) is 29.8 Å². The van der Waals surface area contributed by atoms with Gasteiger partial charge in [-0.25, -0.2) is 8.78 Å². The number of ether oxygens (including phenoxy) is 1. The van der Waals surface area contributed by atoms with Crippen molar-refractivity contribution in [2.75, 3.05) is 18.5 Å². The maximum atomic E-state index is 13.4. The monoisotopic (exact) mass is 256 g/mol. The van der Waals surface area contributed by atoms with Crippen LogP contribution in [0.25, 0.3) is 0 Å².